The Morgan fingerprint density at radius 1 is 1.19 bits per heavy atom. The van der Waals surface area contributed by atoms with Gasteiger partial charge in [-0.1, -0.05) is 29.3 Å². The minimum Gasteiger partial charge on any atom is -0.305 e. The highest BCUT2D eigenvalue weighted by Crippen LogP contribution is 2.27. The van der Waals surface area contributed by atoms with Gasteiger partial charge >= 0.3 is 0 Å². The molecule has 6 heteroatoms. The molecular formula is C20H29BrN4O. The van der Waals surface area contributed by atoms with Gasteiger partial charge in [-0.15, -0.1) is 0 Å². The Hall–Kier alpha value is -1.24. The van der Waals surface area contributed by atoms with Gasteiger partial charge < -0.3 is 4.90 Å². The van der Waals surface area contributed by atoms with Crippen LogP contribution in [-0.4, -0.2) is 52.6 Å². The van der Waals surface area contributed by atoms with E-state index in [9.17, 15) is 4.79 Å². The molecule has 1 aromatic heterocycles. The van der Waals surface area contributed by atoms with Crippen molar-refractivity contribution in [1.82, 2.24) is 19.4 Å². The fourth-order valence-corrected chi connectivity index (χ4v) is 4.26. The lowest BCUT2D eigenvalue weighted by Gasteiger charge is -2.31. The van der Waals surface area contributed by atoms with E-state index in [1.807, 2.05) is 29.7 Å². The molecule has 1 aliphatic heterocycles. The van der Waals surface area contributed by atoms with Gasteiger partial charge in [0.1, 0.15) is 5.82 Å². The first-order chi connectivity index (χ1) is 12.5. The third-order valence-electron chi connectivity index (χ3n) is 5.32. The fourth-order valence-electron chi connectivity index (χ4n) is 3.90. The summed E-state index contributed by atoms with van der Waals surface area (Å²) < 4.78 is 2.80. The molecule has 0 radical (unpaired) electrons. The average Bonchev–Trinajstić information content (AvgIpc) is 2.85. The summed E-state index contributed by atoms with van der Waals surface area (Å²) in [5.41, 5.74) is 0.868. The molecule has 0 amide bonds. The van der Waals surface area contributed by atoms with Crippen molar-refractivity contribution >= 4 is 26.8 Å². The maximum atomic E-state index is 13.1. The molecule has 1 unspecified atom stereocenters. The van der Waals surface area contributed by atoms with Gasteiger partial charge in [0.2, 0.25) is 0 Å². The smallest absolute Gasteiger partial charge is 0.261 e. The van der Waals surface area contributed by atoms with Crippen molar-refractivity contribution < 1.29 is 0 Å². The van der Waals surface area contributed by atoms with Gasteiger partial charge in [-0.25, -0.2) is 4.98 Å². The van der Waals surface area contributed by atoms with E-state index in [0.29, 0.717) is 11.9 Å². The molecule has 0 bridgehead atoms. The van der Waals surface area contributed by atoms with Crippen LogP contribution in [0.15, 0.2) is 27.5 Å². The van der Waals surface area contributed by atoms with E-state index >= 15 is 0 Å². The second-order valence-corrected chi connectivity index (χ2v) is 8.09. The number of hydrogen-bond acceptors (Lipinski definition) is 4. The van der Waals surface area contributed by atoms with Crippen LogP contribution in [0.3, 0.4) is 0 Å². The Balaban J connectivity index is 2.09. The highest BCUT2D eigenvalue weighted by molar-refractivity contribution is 9.10. The maximum absolute atomic E-state index is 13.1. The molecule has 26 heavy (non-hydrogen) atoms. The van der Waals surface area contributed by atoms with Gasteiger partial charge in [0.25, 0.3) is 5.56 Å². The summed E-state index contributed by atoms with van der Waals surface area (Å²) in [4.78, 5) is 23.0. The van der Waals surface area contributed by atoms with Gasteiger partial charge in [-0.05, 0) is 51.6 Å². The number of likely N-dealkylation sites (N-methyl/N-ethyl adjacent to an activating group) is 1. The van der Waals surface area contributed by atoms with Crippen LogP contribution in [0.4, 0.5) is 0 Å². The van der Waals surface area contributed by atoms with E-state index < -0.39 is 0 Å². The van der Waals surface area contributed by atoms with Crippen molar-refractivity contribution in [2.45, 2.75) is 45.7 Å². The van der Waals surface area contributed by atoms with E-state index in [1.165, 1.54) is 0 Å². The van der Waals surface area contributed by atoms with Gasteiger partial charge in [-0.2, -0.15) is 0 Å². The second-order valence-electron chi connectivity index (χ2n) is 7.18. The molecule has 3 rings (SSSR count). The first kappa shape index (κ1) is 19.5. The highest BCUT2D eigenvalue weighted by atomic mass is 79.9. The molecule has 0 aliphatic carbocycles. The number of rotatable bonds is 5. The third kappa shape index (κ3) is 4.02. The van der Waals surface area contributed by atoms with Crippen molar-refractivity contribution in [2.24, 2.45) is 0 Å². The maximum Gasteiger partial charge on any atom is 0.261 e. The van der Waals surface area contributed by atoms with E-state index in [2.05, 4.69) is 39.7 Å². The lowest BCUT2D eigenvalue weighted by atomic mass is 10.1. The van der Waals surface area contributed by atoms with E-state index in [-0.39, 0.29) is 11.6 Å². The minimum absolute atomic E-state index is 0.0712. The van der Waals surface area contributed by atoms with Crippen LogP contribution in [0.2, 0.25) is 0 Å². The van der Waals surface area contributed by atoms with E-state index in [4.69, 9.17) is 4.98 Å². The number of benzene rings is 1. The summed E-state index contributed by atoms with van der Waals surface area (Å²) in [5.74, 6) is 0.929. The molecule has 0 saturated carbocycles. The van der Waals surface area contributed by atoms with Crippen LogP contribution in [0, 0.1) is 0 Å². The summed E-state index contributed by atoms with van der Waals surface area (Å²) in [7, 11) is 2.19. The predicted octanol–water partition coefficient (Wildman–Crippen LogP) is 3.66. The van der Waals surface area contributed by atoms with Crippen molar-refractivity contribution in [1.29, 1.82) is 0 Å². The molecule has 142 valence electrons. The zero-order valence-corrected chi connectivity index (χ0v) is 17.6. The van der Waals surface area contributed by atoms with Crippen molar-refractivity contribution in [3.8, 4) is 0 Å². The van der Waals surface area contributed by atoms with Crippen LogP contribution in [-0.2, 0) is 6.54 Å². The Morgan fingerprint density at radius 3 is 2.73 bits per heavy atom. The van der Waals surface area contributed by atoms with Crippen molar-refractivity contribution in [3.63, 3.8) is 0 Å². The fraction of sp³-hybridized carbons (Fsp3) is 0.600. The Kier molecular flexibility index (Phi) is 6.48. The molecule has 0 N–H and O–H groups in total. The number of aromatic nitrogens is 2. The SMILES string of the molecule is CCCC(c1nc2ccc(Br)cc2c(=O)n1CC)N1CCCN(C)CC1. The monoisotopic (exact) mass is 420 g/mol. The van der Waals surface area contributed by atoms with E-state index in [0.717, 1.165) is 61.3 Å². The molecule has 2 heterocycles. The molecule has 2 aromatic rings. The van der Waals surface area contributed by atoms with Crippen LogP contribution >= 0.6 is 15.9 Å². The molecule has 1 aromatic carbocycles. The molecule has 1 fully saturated rings. The van der Waals surface area contributed by atoms with Gasteiger partial charge in [0, 0.05) is 30.7 Å². The van der Waals surface area contributed by atoms with Crippen molar-refractivity contribution in [3.05, 3.63) is 38.9 Å². The molecule has 0 spiro atoms. The molecular weight excluding hydrogens is 392 g/mol. The third-order valence-corrected chi connectivity index (χ3v) is 5.81. The first-order valence-corrected chi connectivity index (χ1v) is 10.5. The Labute approximate surface area is 164 Å². The molecule has 5 nitrogen and oxygen atoms in total. The zero-order valence-electron chi connectivity index (χ0n) is 16.0. The lowest BCUT2D eigenvalue weighted by Crippen LogP contribution is -2.37. The summed E-state index contributed by atoms with van der Waals surface area (Å²) in [6.45, 7) is 9.19. The Morgan fingerprint density at radius 2 is 2.00 bits per heavy atom. The van der Waals surface area contributed by atoms with Crippen LogP contribution in [0.25, 0.3) is 10.9 Å². The summed E-state index contributed by atoms with van der Waals surface area (Å²) in [6, 6.07) is 6.00. The van der Waals surface area contributed by atoms with Crippen LogP contribution in [0.1, 0.15) is 45.0 Å². The number of nitrogens with zero attached hydrogens (tertiary/aromatic N) is 4. The summed E-state index contributed by atoms with van der Waals surface area (Å²) in [6.07, 6.45) is 3.26. The normalized spacial score (nSPS) is 18.2. The highest BCUT2D eigenvalue weighted by Gasteiger charge is 2.26. The Bertz CT molecular complexity index is 819. The minimum atomic E-state index is 0.0712. The van der Waals surface area contributed by atoms with Crippen molar-refractivity contribution in [2.75, 3.05) is 33.2 Å². The molecule has 1 aliphatic rings. The largest absolute Gasteiger partial charge is 0.305 e. The second kappa shape index (κ2) is 8.63. The molecule has 1 atom stereocenters. The van der Waals surface area contributed by atoms with Crippen LogP contribution < -0.4 is 5.56 Å². The number of hydrogen-bond donors (Lipinski definition) is 0. The van der Waals surface area contributed by atoms with Crippen LogP contribution in [0.5, 0.6) is 0 Å². The van der Waals surface area contributed by atoms with Gasteiger partial charge in [0.15, 0.2) is 0 Å². The summed E-state index contributed by atoms with van der Waals surface area (Å²) in [5, 5.41) is 0.691. The lowest BCUT2D eigenvalue weighted by molar-refractivity contribution is 0.180. The quantitative estimate of drug-likeness (QED) is 0.739. The number of fused-ring (bicyclic) bond motifs is 1. The topological polar surface area (TPSA) is 41.4 Å². The van der Waals surface area contributed by atoms with Gasteiger partial charge in [-0.3, -0.25) is 14.3 Å². The summed E-state index contributed by atoms with van der Waals surface area (Å²) >= 11 is 3.47. The van der Waals surface area contributed by atoms with Gasteiger partial charge in [0.05, 0.1) is 16.9 Å². The average molecular weight is 421 g/mol. The predicted molar refractivity (Wildman–Crippen MR) is 111 cm³/mol. The standard InChI is InChI=1S/C20H29BrN4O/c1-4-7-18(24-11-6-10-23(3)12-13-24)19-22-17-9-8-15(21)14-16(17)20(26)25(19)5-2/h8-9,14,18H,4-7,10-13H2,1-3H3. The van der Waals surface area contributed by atoms with E-state index in [1.54, 1.807) is 0 Å². The zero-order chi connectivity index (χ0) is 18.7. The first-order valence-electron chi connectivity index (χ1n) is 9.67. The number of halogens is 1. The molecule has 1 saturated heterocycles.